The summed E-state index contributed by atoms with van der Waals surface area (Å²) in [7, 11) is 0. The fourth-order valence-electron chi connectivity index (χ4n) is 2.19. The Labute approximate surface area is 147 Å². The Morgan fingerprint density at radius 2 is 2.09 bits per heavy atom. The van der Waals surface area contributed by atoms with Crippen LogP contribution in [0.2, 0.25) is 0 Å². The fourth-order valence-corrected chi connectivity index (χ4v) is 4.58. The molecule has 2 aromatic heterocycles. The van der Waals surface area contributed by atoms with Crippen LogP contribution in [-0.4, -0.2) is 17.1 Å². The van der Waals surface area contributed by atoms with Gasteiger partial charge >= 0.3 is 0 Å². The van der Waals surface area contributed by atoms with E-state index in [-0.39, 0.29) is 5.91 Å². The molecule has 0 saturated carbocycles. The van der Waals surface area contributed by atoms with Crippen molar-refractivity contribution in [1.82, 2.24) is 10.3 Å². The maximum atomic E-state index is 12.4. The molecule has 1 aromatic carbocycles. The van der Waals surface area contributed by atoms with E-state index in [0.717, 1.165) is 26.0 Å². The van der Waals surface area contributed by atoms with E-state index < -0.39 is 0 Å². The molecular weight excluding hydrogens is 344 g/mol. The van der Waals surface area contributed by atoms with E-state index in [2.05, 4.69) is 16.4 Å². The molecule has 0 saturated heterocycles. The van der Waals surface area contributed by atoms with Gasteiger partial charge < -0.3 is 5.32 Å². The van der Waals surface area contributed by atoms with Crippen LogP contribution in [0.1, 0.15) is 20.9 Å². The van der Waals surface area contributed by atoms with Gasteiger partial charge in [0.2, 0.25) is 0 Å². The molecule has 0 bridgehead atoms. The summed E-state index contributed by atoms with van der Waals surface area (Å²) in [6.45, 7) is 2.50. The van der Waals surface area contributed by atoms with Crippen LogP contribution in [0.5, 0.6) is 0 Å². The van der Waals surface area contributed by atoms with Gasteiger partial charge in [-0.3, -0.25) is 4.79 Å². The molecule has 3 aromatic rings. The van der Waals surface area contributed by atoms with Gasteiger partial charge in [-0.25, -0.2) is 4.98 Å². The van der Waals surface area contributed by atoms with E-state index in [0.29, 0.717) is 6.54 Å². The summed E-state index contributed by atoms with van der Waals surface area (Å²) in [5, 5.41) is 6.08. The Balaban J connectivity index is 1.72. The summed E-state index contributed by atoms with van der Waals surface area (Å²) in [5.41, 5.74) is 1.71. The minimum Gasteiger partial charge on any atom is -0.347 e. The van der Waals surface area contributed by atoms with Crippen molar-refractivity contribution in [3.63, 3.8) is 0 Å². The van der Waals surface area contributed by atoms with Crippen LogP contribution in [0.25, 0.3) is 9.88 Å². The lowest BCUT2D eigenvalue weighted by molar-refractivity contribution is 0.0948. The maximum absolute atomic E-state index is 12.4. The number of carbonyl (C=O) groups excluding carboxylic acids is 1. The third kappa shape index (κ3) is 3.65. The predicted octanol–water partition coefficient (Wildman–Crippen LogP) is 4.83. The molecule has 1 N–H and O–H groups in total. The first-order valence-corrected chi connectivity index (χ1v) is 10.0. The Morgan fingerprint density at radius 3 is 2.83 bits per heavy atom. The summed E-state index contributed by atoms with van der Waals surface area (Å²) >= 11 is 4.91. The average Bonchev–Trinajstić information content (AvgIpc) is 3.22. The highest BCUT2D eigenvalue weighted by atomic mass is 32.2. The highest BCUT2D eigenvalue weighted by molar-refractivity contribution is 7.98. The van der Waals surface area contributed by atoms with Gasteiger partial charge in [-0.05, 0) is 36.8 Å². The number of thiophene rings is 1. The first kappa shape index (κ1) is 16.2. The average molecular weight is 361 g/mol. The van der Waals surface area contributed by atoms with Crippen LogP contribution in [-0.2, 0) is 6.54 Å². The zero-order valence-corrected chi connectivity index (χ0v) is 15.3. The molecule has 0 atom stereocenters. The largest absolute Gasteiger partial charge is 0.347 e. The van der Waals surface area contributed by atoms with Crippen LogP contribution < -0.4 is 5.32 Å². The van der Waals surface area contributed by atoms with Crippen LogP contribution in [0.3, 0.4) is 0 Å². The molecule has 0 fully saturated rings. The van der Waals surface area contributed by atoms with E-state index in [1.165, 1.54) is 4.88 Å². The minimum absolute atomic E-state index is 0.0413. The monoisotopic (exact) mass is 360 g/mol. The first-order valence-electron chi connectivity index (χ1n) is 7.10. The van der Waals surface area contributed by atoms with Crippen molar-refractivity contribution in [1.29, 1.82) is 0 Å². The van der Waals surface area contributed by atoms with Crippen molar-refractivity contribution >= 4 is 40.3 Å². The van der Waals surface area contributed by atoms with Crippen molar-refractivity contribution in [2.45, 2.75) is 18.4 Å². The van der Waals surface area contributed by atoms with Crippen LogP contribution in [0.15, 0.2) is 46.7 Å². The van der Waals surface area contributed by atoms with E-state index >= 15 is 0 Å². The maximum Gasteiger partial charge on any atom is 0.252 e. The molecule has 0 spiro atoms. The van der Waals surface area contributed by atoms with Crippen LogP contribution in [0.4, 0.5) is 0 Å². The zero-order chi connectivity index (χ0) is 16.2. The number of nitrogens with zero attached hydrogens (tertiary/aromatic N) is 1. The molecule has 118 valence electrons. The summed E-state index contributed by atoms with van der Waals surface area (Å²) in [5.74, 6) is -0.0413. The number of nitrogens with one attached hydrogen (secondary N) is 1. The molecule has 3 rings (SSSR count). The van der Waals surface area contributed by atoms with Gasteiger partial charge in [0.05, 0.1) is 22.7 Å². The Morgan fingerprint density at radius 1 is 1.26 bits per heavy atom. The van der Waals surface area contributed by atoms with Gasteiger partial charge in [-0.1, -0.05) is 18.2 Å². The molecule has 0 aliphatic heterocycles. The van der Waals surface area contributed by atoms with Crippen molar-refractivity contribution in [2.75, 3.05) is 6.26 Å². The summed E-state index contributed by atoms with van der Waals surface area (Å²) in [6.07, 6.45) is 1.98. The Hall–Kier alpha value is -1.63. The standard InChI is InChI=1S/C17H16N2OS3/c1-11-15(23-17(19-11)14-8-5-9-22-14)10-18-16(20)12-6-3-4-7-13(12)21-2/h3-9H,10H2,1-2H3,(H,18,20). The molecule has 0 aliphatic carbocycles. The number of hydrogen-bond donors (Lipinski definition) is 1. The number of thioether (sulfide) groups is 1. The molecule has 3 nitrogen and oxygen atoms in total. The Bertz CT molecular complexity index is 809. The van der Waals surface area contributed by atoms with Crippen molar-refractivity contribution < 1.29 is 4.79 Å². The lowest BCUT2D eigenvalue weighted by Crippen LogP contribution is -2.23. The second-order valence-electron chi connectivity index (χ2n) is 4.89. The first-order chi connectivity index (χ1) is 11.2. The zero-order valence-electron chi connectivity index (χ0n) is 12.8. The second kappa shape index (κ2) is 7.29. The number of benzene rings is 1. The van der Waals surface area contributed by atoms with Crippen LogP contribution >= 0.6 is 34.4 Å². The normalized spacial score (nSPS) is 10.7. The van der Waals surface area contributed by atoms with Gasteiger partial charge in [-0.15, -0.1) is 34.4 Å². The van der Waals surface area contributed by atoms with E-state index in [1.54, 1.807) is 34.4 Å². The number of carbonyl (C=O) groups is 1. The highest BCUT2D eigenvalue weighted by Crippen LogP contribution is 2.31. The highest BCUT2D eigenvalue weighted by Gasteiger charge is 2.13. The SMILES string of the molecule is CSc1ccccc1C(=O)NCc1sc(-c2cccs2)nc1C. The van der Waals surface area contributed by atoms with Gasteiger partial charge in [0.1, 0.15) is 5.01 Å². The summed E-state index contributed by atoms with van der Waals surface area (Å²) < 4.78 is 0. The molecule has 2 heterocycles. The molecule has 0 radical (unpaired) electrons. The number of thiazole rings is 1. The number of rotatable bonds is 5. The van der Waals surface area contributed by atoms with Gasteiger partial charge in [0.25, 0.3) is 5.91 Å². The number of aryl methyl sites for hydroxylation is 1. The van der Waals surface area contributed by atoms with Crippen LogP contribution in [0, 0.1) is 6.92 Å². The number of amides is 1. The lowest BCUT2D eigenvalue weighted by Gasteiger charge is -2.07. The number of aromatic nitrogens is 1. The minimum atomic E-state index is -0.0413. The summed E-state index contributed by atoms with van der Waals surface area (Å²) in [4.78, 5) is 20.3. The quantitative estimate of drug-likeness (QED) is 0.663. The number of hydrogen-bond acceptors (Lipinski definition) is 5. The molecule has 1 amide bonds. The molecular formula is C17H16N2OS3. The molecule has 0 aliphatic rings. The van der Waals surface area contributed by atoms with Crippen molar-refractivity contribution in [3.8, 4) is 9.88 Å². The van der Waals surface area contributed by atoms with Crippen molar-refractivity contribution in [3.05, 3.63) is 57.9 Å². The Kier molecular flexibility index (Phi) is 5.15. The van der Waals surface area contributed by atoms with E-state index in [4.69, 9.17) is 0 Å². The van der Waals surface area contributed by atoms with Gasteiger partial charge in [-0.2, -0.15) is 0 Å². The predicted molar refractivity (Wildman–Crippen MR) is 99.6 cm³/mol. The topological polar surface area (TPSA) is 42.0 Å². The van der Waals surface area contributed by atoms with E-state index in [1.807, 2.05) is 48.9 Å². The van der Waals surface area contributed by atoms with E-state index in [9.17, 15) is 4.79 Å². The smallest absolute Gasteiger partial charge is 0.252 e. The second-order valence-corrected chi connectivity index (χ2v) is 7.77. The summed E-state index contributed by atoms with van der Waals surface area (Å²) in [6, 6.07) is 11.8. The third-order valence-corrected chi connectivity index (χ3v) is 6.38. The fraction of sp³-hybridized carbons (Fsp3) is 0.176. The molecule has 6 heteroatoms. The van der Waals surface area contributed by atoms with Crippen molar-refractivity contribution in [2.24, 2.45) is 0 Å². The van der Waals surface area contributed by atoms with Gasteiger partial charge in [0.15, 0.2) is 0 Å². The molecule has 23 heavy (non-hydrogen) atoms. The lowest BCUT2D eigenvalue weighted by atomic mass is 10.2. The third-order valence-electron chi connectivity index (χ3n) is 3.39. The van der Waals surface area contributed by atoms with Gasteiger partial charge in [0, 0.05) is 9.77 Å². The molecule has 0 unspecified atom stereocenters.